The lowest BCUT2D eigenvalue weighted by molar-refractivity contribution is 0.0935. The fourth-order valence-corrected chi connectivity index (χ4v) is 3.75. The molecule has 0 saturated heterocycles. The minimum absolute atomic E-state index is 0.273. The first-order valence-electron chi connectivity index (χ1n) is 9.02. The van der Waals surface area contributed by atoms with E-state index in [2.05, 4.69) is 20.3 Å². The molecule has 1 unspecified atom stereocenters. The van der Waals surface area contributed by atoms with Gasteiger partial charge in [0.05, 0.1) is 22.6 Å². The van der Waals surface area contributed by atoms with Crippen molar-refractivity contribution in [2.24, 2.45) is 0 Å². The van der Waals surface area contributed by atoms with Crippen LogP contribution in [-0.4, -0.2) is 32.9 Å². The molecular weight excluding hydrogens is 372 g/mol. The van der Waals surface area contributed by atoms with Crippen molar-refractivity contribution in [3.8, 4) is 0 Å². The van der Waals surface area contributed by atoms with Crippen LogP contribution in [0.1, 0.15) is 28.6 Å². The number of rotatable bonds is 6. The van der Waals surface area contributed by atoms with Gasteiger partial charge >= 0.3 is 0 Å². The van der Waals surface area contributed by atoms with Gasteiger partial charge in [-0.1, -0.05) is 30.3 Å². The summed E-state index contributed by atoms with van der Waals surface area (Å²) in [5, 5.41) is 3.78. The van der Waals surface area contributed by atoms with Crippen LogP contribution in [-0.2, 0) is 0 Å². The lowest BCUT2D eigenvalue weighted by Gasteiger charge is -2.17. The standard InChI is InChI=1S/C21H20N4O2S/c1-28-11-10-18(20-23-16-8-4-5-9-17(16)24-20)25-21(27)14-12-19(26)22-15-7-3-2-6-13(14)15/h2-9,12,18H,10-11H2,1H3,(H,22,26)(H,23,24)(H,25,27). The third-order valence-corrected chi connectivity index (χ3v) is 5.29. The number of aromatic amines is 2. The highest BCUT2D eigenvalue weighted by Gasteiger charge is 2.20. The van der Waals surface area contributed by atoms with Gasteiger partial charge in [-0.2, -0.15) is 11.8 Å². The zero-order chi connectivity index (χ0) is 19.5. The van der Waals surface area contributed by atoms with Crippen LogP contribution < -0.4 is 10.9 Å². The molecule has 28 heavy (non-hydrogen) atoms. The predicted molar refractivity (Wildman–Crippen MR) is 114 cm³/mol. The highest BCUT2D eigenvalue weighted by molar-refractivity contribution is 7.98. The van der Waals surface area contributed by atoms with E-state index < -0.39 is 0 Å². The number of carbonyl (C=O) groups excluding carboxylic acids is 1. The van der Waals surface area contributed by atoms with Crippen molar-refractivity contribution in [1.82, 2.24) is 20.3 Å². The Kier molecular flexibility index (Phi) is 5.16. The molecule has 7 heteroatoms. The Morgan fingerprint density at radius 2 is 1.86 bits per heavy atom. The second-order valence-electron chi connectivity index (χ2n) is 6.54. The summed E-state index contributed by atoms with van der Waals surface area (Å²) < 4.78 is 0. The number of para-hydroxylation sites is 3. The summed E-state index contributed by atoms with van der Waals surface area (Å²) in [6.45, 7) is 0. The molecule has 4 rings (SSSR count). The maximum atomic E-state index is 13.1. The summed E-state index contributed by atoms with van der Waals surface area (Å²) in [4.78, 5) is 35.8. The first kappa shape index (κ1) is 18.3. The van der Waals surface area contributed by atoms with E-state index in [1.165, 1.54) is 6.07 Å². The fourth-order valence-electron chi connectivity index (χ4n) is 3.28. The van der Waals surface area contributed by atoms with Crippen LogP contribution in [0.25, 0.3) is 21.9 Å². The van der Waals surface area contributed by atoms with Crippen molar-refractivity contribution in [2.45, 2.75) is 12.5 Å². The summed E-state index contributed by atoms with van der Waals surface area (Å²) in [6, 6.07) is 16.2. The molecule has 0 radical (unpaired) electrons. The van der Waals surface area contributed by atoms with E-state index in [0.717, 1.165) is 29.0 Å². The quantitative estimate of drug-likeness (QED) is 0.467. The normalized spacial score (nSPS) is 12.3. The summed E-state index contributed by atoms with van der Waals surface area (Å²) >= 11 is 1.71. The molecule has 0 bridgehead atoms. The van der Waals surface area contributed by atoms with Gasteiger partial charge in [-0.15, -0.1) is 0 Å². The van der Waals surface area contributed by atoms with Gasteiger partial charge in [0.2, 0.25) is 5.56 Å². The minimum Gasteiger partial charge on any atom is -0.342 e. The topological polar surface area (TPSA) is 90.6 Å². The predicted octanol–water partition coefficient (Wildman–Crippen LogP) is 3.63. The average molecular weight is 392 g/mol. The van der Waals surface area contributed by atoms with Gasteiger partial charge in [0.15, 0.2) is 0 Å². The number of amides is 1. The Hall–Kier alpha value is -3.06. The Bertz CT molecular complexity index is 1160. The van der Waals surface area contributed by atoms with E-state index in [4.69, 9.17) is 0 Å². The van der Waals surface area contributed by atoms with Gasteiger partial charge in [-0.3, -0.25) is 9.59 Å². The molecule has 2 aromatic heterocycles. The second-order valence-corrected chi connectivity index (χ2v) is 7.53. The van der Waals surface area contributed by atoms with Crippen molar-refractivity contribution in [3.05, 3.63) is 76.3 Å². The van der Waals surface area contributed by atoms with Crippen LogP contribution in [0.5, 0.6) is 0 Å². The lowest BCUT2D eigenvalue weighted by atomic mass is 10.1. The molecule has 0 spiro atoms. The first-order chi connectivity index (χ1) is 13.7. The Morgan fingerprint density at radius 3 is 2.64 bits per heavy atom. The van der Waals surface area contributed by atoms with E-state index in [9.17, 15) is 9.59 Å². The maximum absolute atomic E-state index is 13.1. The van der Waals surface area contributed by atoms with Crippen LogP contribution in [0, 0.1) is 0 Å². The molecule has 4 aromatic rings. The highest BCUT2D eigenvalue weighted by atomic mass is 32.2. The molecule has 0 aliphatic carbocycles. The molecule has 1 amide bonds. The highest BCUT2D eigenvalue weighted by Crippen LogP contribution is 2.22. The molecule has 0 fully saturated rings. The van der Waals surface area contributed by atoms with Gasteiger partial charge < -0.3 is 15.3 Å². The summed E-state index contributed by atoms with van der Waals surface area (Å²) in [7, 11) is 0. The fraction of sp³-hybridized carbons (Fsp3) is 0.190. The summed E-state index contributed by atoms with van der Waals surface area (Å²) in [5.74, 6) is 1.31. The van der Waals surface area contributed by atoms with Crippen molar-refractivity contribution in [2.75, 3.05) is 12.0 Å². The number of aromatic nitrogens is 3. The number of fused-ring (bicyclic) bond motifs is 2. The number of carbonyl (C=O) groups is 1. The van der Waals surface area contributed by atoms with E-state index >= 15 is 0 Å². The first-order valence-corrected chi connectivity index (χ1v) is 10.4. The molecular formula is C21H20N4O2S. The van der Waals surface area contributed by atoms with E-state index in [0.29, 0.717) is 16.5 Å². The van der Waals surface area contributed by atoms with Crippen molar-refractivity contribution in [3.63, 3.8) is 0 Å². The lowest BCUT2D eigenvalue weighted by Crippen LogP contribution is -2.30. The van der Waals surface area contributed by atoms with Gasteiger partial charge in [-0.25, -0.2) is 4.98 Å². The van der Waals surface area contributed by atoms with E-state index in [-0.39, 0.29) is 17.5 Å². The molecule has 2 heterocycles. The third-order valence-electron chi connectivity index (χ3n) is 4.65. The van der Waals surface area contributed by atoms with Gasteiger partial charge in [0.1, 0.15) is 5.82 Å². The number of imidazole rings is 1. The molecule has 3 N–H and O–H groups in total. The Morgan fingerprint density at radius 1 is 1.11 bits per heavy atom. The number of nitrogens with zero attached hydrogens (tertiary/aromatic N) is 1. The van der Waals surface area contributed by atoms with Crippen LogP contribution >= 0.6 is 11.8 Å². The van der Waals surface area contributed by atoms with Crippen LogP contribution in [0.2, 0.25) is 0 Å². The van der Waals surface area contributed by atoms with E-state index in [1.807, 2.05) is 48.7 Å². The third kappa shape index (κ3) is 3.66. The Labute approximate surface area is 165 Å². The molecule has 0 aliphatic rings. The molecule has 1 atom stereocenters. The van der Waals surface area contributed by atoms with Gasteiger partial charge in [-0.05, 0) is 36.6 Å². The Balaban J connectivity index is 1.69. The number of nitrogens with one attached hydrogen (secondary N) is 3. The van der Waals surface area contributed by atoms with Crippen molar-refractivity contribution < 1.29 is 4.79 Å². The van der Waals surface area contributed by atoms with Crippen LogP contribution in [0.15, 0.2) is 59.4 Å². The smallest absolute Gasteiger partial charge is 0.252 e. The molecule has 6 nitrogen and oxygen atoms in total. The maximum Gasteiger partial charge on any atom is 0.252 e. The molecule has 2 aromatic carbocycles. The molecule has 0 aliphatic heterocycles. The number of thioether (sulfide) groups is 1. The monoisotopic (exact) mass is 392 g/mol. The minimum atomic E-state index is -0.298. The SMILES string of the molecule is CSCCC(NC(=O)c1cc(=O)[nH]c2ccccc12)c1nc2ccccc2[nH]1. The number of hydrogen-bond acceptors (Lipinski definition) is 4. The summed E-state index contributed by atoms with van der Waals surface area (Å²) in [6.07, 6.45) is 2.76. The number of hydrogen-bond donors (Lipinski definition) is 3. The zero-order valence-corrected chi connectivity index (χ0v) is 16.2. The zero-order valence-electron chi connectivity index (χ0n) is 15.4. The molecule has 0 saturated carbocycles. The second kappa shape index (κ2) is 7.90. The van der Waals surface area contributed by atoms with Crippen LogP contribution in [0.4, 0.5) is 0 Å². The van der Waals surface area contributed by atoms with Crippen molar-refractivity contribution >= 4 is 39.6 Å². The molecule has 142 valence electrons. The number of pyridine rings is 1. The number of H-pyrrole nitrogens is 2. The van der Waals surface area contributed by atoms with E-state index in [1.54, 1.807) is 17.8 Å². The van der Waals surface area contributed by atoms with Gasteiger partial charge in [0, 0.05) is 17.0 Å². The average Bonchev–Trinajstić information content (AvgIpc) is 3.14. The van der Waals surface area contributed by atoms with Gasteiger partial charge in [0.25, 0.3) is 5.91 Å². The summed E-state index contributed by atoms with van der Waals surface area (Å²) in [5.41, 5.74) is 2.51. The van der Waals surface area contributed by atoms with Crippen molar-refractivity contribution in [1.29, 1.82) is 0 Å². The van der Waals surface area contributed by atoms with Crippen LogP contribution in [0.3, 0.4) is 0 Å². The largest absolute Gasteiger partial charge is 0.342 e. The number of benzene rings is 2.